The van der Waals surface area contributed by atoms with Crippen LogP contribution in [0.4, 0.5) is 8.78 Å². The van der Waals surface area contributed by atoms with Crippen LogP contribution in [0.25, 0.3) is 0 Å². The van der Waals surface area contributed by atoms with Gasteiger partial charge in [-0.2, -0.15) is 13.9 Å². The number of hydrogen-bond donors (Lipinski definition) is 2. The lowest BCUT2D eigenvalue weighted by atomic mass is 10.2. The van der Waals surface area contributed by atoms with E-state index >= 15 is 0 Å². The third-order valence-corrected chi connectivity index (χ3v) is 2.69. The molecule has 2 aromatic heterocycles. The monoisotopic (exact) mass is 311 g/mol. The molecule has 0 aliphatic carbocycles. The van der Waals surface area contributed by atoms with Gasteiger partial charge in [0.2, 0.25) is 5.88 Å². The van der Waals surface area contributed by atoms with Gasteiger partial charge in [-0.1, -0.05) is 13.8 Å². The molecule has 2 N–H and O–H groups in total. The van der Waals surface area contributed by atoms with Crippen LogP contribution in [-0.4, -0.2) is 32.7 Å². The van der Waals surface area contributed by atoms with E-state index in [2.05, 4.69) is 30.2 Å². The molecule has 22 heavy (non-hydrogen) atoms. The Morgan fingerprint density at radius 1 is 1.45 bits per heavy atom. The lowest BCUT2D eigenvalue weighted by molar-refractivity contribution is -0.0529. The van der Waals surface area contributed by atoms with E-state index in [1.54, 1.807) is 0 Å². The number of H-pyrrole nitrogens is 1. The minimum atomic E-state index is -2.99. The Kier molecular flexibility index (Phi) is 4.97. The lowest BCUT2D eigenvalue weighted by Crippen LogP contribution is -2.23. The van der Waals surface area contributed by atoms with Gasteiger partial charge in [0.1, 0.15) is 5.82 Å². The molecule has 0 radical (unpaired) electrons. The predicted molar refractivity (Wildman–Crippen MR) is 72.5 cm³/mol. The van der Waals surface area contributed by atoms with Crippen molar-refractivity contribution < 1.29 is 18.3 Å². The van der Waals surface area contributed by atoms with Crippen LogP contribution in [0.1, 0.15) is 41.8 Å². The van der Waals surface area contributed by atoms with Crippen molar-refractivity contribution in [3.63, 3.8) is 0 Å². The lowest BCUT2D eigenvalue weighted by Gasteiger charge is -2.06. The zero-order valence-electron chi connectivity index (χ0n) is 12.0. The molecule has 0 spiro atoms. The Balaban J connectivity index is 1.96. The molecule has 118 valence electrons. The Bertz CT molecular complexity index is 645. The fourth-order valence-electron chi connectivity index (χ4n) is 1.62. The van der Waals surface area contributed by atoms with Crippen LogP contribution in [0, 0.1) is 0 Å². The number of carbonyl (C=O) groups is 1. The number of halogens is 2. The van der Waals surface area contributed by atoms with Crippen molar-refractivity contribution in [3.05, 3.63) is 35.5 Å². The number of aromatic amines is 1. The van der Waals surface area contributed by atoms with E-state index in [-0.39, 0.29) is 23.9 Å². The van der Waals surface area contributed by atoms with E-state index in [4.69, 9.17) is 0 Å². The Morgan fingerprint density at radius 3 is 2.86 bits per heavy atom. The first-order chi connectivity index (χ1) is 10.5. The number of alkyl halides is 2. The minimum absolute atomic E-state index is 0.145. The maximum absolute atomic E-state index is 12.1. The molecular weight excluding hydrogens is 296 g/mol. The molecule has 0 unspecified atom stereocenters. The van der Waals surface area contributed by atoms with Crippen LogP contribution < -0.4 is 10.1 Å². The fraction of sp³-hybridized carbons (Fsp3) is 0.385. The van der Waals surface area contributed by atoms with Gasteiger partial charge in [0.15, 0.2) is 5.82 Å². The second kappa shape index (κ2) is 6.92. The highest BCUT2D eigenvalue weighted by atomic mass is 19.3. The molecule has 0 aliphatic rings. The molecule has 0 saturated carbocycles. The van der Waals surface area contributed by atoms with Crippen LogP contribution in [0.2, 0.25) is 0 Å². The highest BCUT2D eigenvalue weighted by Gasteiger charge is 2.12. The van der Waals surface area contributed by atoms with Gasteiger partial charge >= 0.3 is 6.61 Å². The fourth-order valence-corrected chi connectivity index (χ4v) is 1.62. The predicted octanol–water partition coefficient (Wildman–Crippen LogP) is 1.85. The van der Waals surface area contributed by atoms with E-state index in [1.807, 2.05) is 13.8 Å². The van der Waals surface area contributed by atoms with E-state index in [0.29, 0.717) is 11.6 Å². The smallest absolute Gasteiger partial charge is 0.388 e. The molecule has 1 amide bonds. The highest BCUT2D eigenvalue weighted by molar-refractivity contribution is 5.94. The third kappa shape index (κ3) is 4.21. The van der Waals surface area contributed by atoms with E-state index in [1.165, 1.54) is 12.3 Å². The summed E-state index contributed by atoms with van der Waals surface area (Å²) in [5, 5.41) is 9.34. The summed E-state index contributed by atoms with van der Waals surface area (Å²) in [5.41, 5.74) is 0.161. The molecule has 0 aliphatic heterocycles. The number of hydrogen-bond acceptors (Lipinski definition) is 5. The van der Waals surface area contributed by atoms with E-state index in [9.17, 15) is 13.6 Å². The van der Waals surface area contributed by atoms with Crippen molar-refractivity contribution in [2.45, 2.75) is 32.9 Å². The summed E-state index contributed by atoms with van der Waals surface area (Å²) in [6.45, 7) is 1.06. The Hall–Kier alpha value is -2.58. The average Bonchev–Trinajstić information content (AvgIpc) is 2.93. The summed E-state index contributed by atoms with van der Waals surface area (Å²) in [6.07, 6.45) is 1.22. The second-order valence-corrected chi connectivity index (χ2v) is 4.74. The first-order valence-electron chi connectivity index (χ1n) is 6.56. The number of rotatable bonds is 6. The van der Waals surface area contributed by atoms with Crippen molar-refractivity contribution in [2.24, 2.45) is 0 Å². The molecule has 9 heteroatoms. The van der Waals surface area contributed by atoms with Gasteiger partial charge in [0.05, 0.1) is 6.54 Å². The van der Waals surface area contributed by atoms with Gasteiger partial charge in [-0.15, -0.1) is 0 Å². The number of pyridine rings is 1. The molecule has 0 saturated heterocycles. The quantitative estimate of drug-likeness (QED) is 0.849. The van der Waals surface area contributed by atoms with Gasteiger partial charge in [-0.05, 0) is 6.07 Å². The maximum atomic E-state index is 12.1. The zero-order valence-corrected chi connectivity index (χ0v) is 12.0. The molecular formula is C13H15F2N5O2. The summed E-state index contributed by atoms with van der Waals surface area (Å²) >= 11 is 0. The Labute approximate surface area is 125 Å². The largest absolute Gasteiger partial charge is 0.417 e. The average molecular weight is 311 g/mol. The van der Waals surface area contributed by atoms with Crippen molar-refractivity contribution >= 4 is 5.91 Å². The van der Waals surface area contributed by atoms with Gasteiger partial charge < -0.3 is 10.1 Å². The molecule has 2 aromatic rings. The summed E-state index contributed by atoms with van der Waals surface area (Å²) in [4.78, 5) is 19.8. The topological polar surface area (TPSA) is 92.8 Å². The van der Waals surface area contributed by atoms with E-state index < -0.39 is 12.5 Å². The molecule has 0 atom stereocenters. The molecule has 0 fully saturated rings. The van der Waals surface area contributed by atoms with E-state index in [0.717, 1.165) is 6.07 Å². The zero-order chi connectivity index (χ0) is 16.1. The SMILES string of the molecule is CC(C)c1n[nH]c(CNC(=O)c2ccnc(OC(F)F)c2)n1. The van der Waals surface area contributed by atoms with Crippen LogP contribution in [0.3, 0.4) is 0 Å². The van der Waals surface area contributed by atoms with Crippen molar-refractivity contribution in [1.82, 2.24) is 25.5 Å². The summed E-state index contributed by atoms with van der Waals surface area (Å²) in [7, 11) is 0. The maximum Gasteiger partial charge on any atom is 0.388 e. The van der Waals surface area contributed by atoms with Gasteiger partial charge in [0.25, 0.3) is 5.91 Å². The molecule has 0 bridgehead atoms. The third-order valence-electron chi connectivity index (χ3n) is 2.69. The summed E-state index contributed by atoms with van der Waals surface area (Å²) in [6, 6.07) is 2.54. The Morgan fingerprint density at radius 2 is 2.23 bits per heavy atom. The van der Waals surface area contributed by atoms with Crippen LogP contribution in [-0.2, 0) is 6.54 Å². The normalized spacial score (nSPS) is 11.0. The van der Waals surface area contributed by atoms with Crippen molar-refractivity contribution in [2.75, 3.05) is 0 Å². The first-order valence-corrected chi connectivity index (χ1v) is 6.56. The second-order valence-electron chi connectivity index (χ2n) is 4.74. The summed E-state index contributed by atoms with van der Waals surface area (Å²) < 4.78 is 28.4. The number of amides is 1. The number of nitrogens with one attached hydrogen (secondary N) is 2. The number of aromatic nitrogens is 4. The van der Waals surface area contributed by atoms with Gasteiger partial charge in [-0.3, -0.25) is 9.89 Å². The number of carbonyl (C=O) groups excluding carboxylic acids is 1. The van der Waals surface area contributed by atoms with Crippen molar-refractivity contribution in [3.8, 4) is 5.88 Å². The van der Waals surface area contributed by atoms with Crippen LogP contribution >= 0.6 is 0 Å². The van der Waals surface area contributed by atoms with Gasteiger partial charge in [-0.25, -0.2) is 9.97 Å². The first kappa shape index (κ1) is 15.8. The van der Waals surface area contributed by atoms with Crippen LogP contribution in [0.15, 0.2) is 18.3 Å². The highest BCUT2D eigenvalue weighted by Crippen LogP contribution is 2.12. The van der Waals surface area contributed by atoms with Crippen LogP contribution in [0.5, 0.6) is 5.88 Å². The molecule has 7 nitrogen and oxygen atoms in total. The number of ether oxygens (including phenoxy) is 1. The number of nitrogens with zero attached hydrogens (tertiary/aromatic N) is 3. The molecule has 2 rings (SSSR count). The standard InChI is InChI=1S/C13H15F2N5O2/c1-7(2)11-18-9(19-20-11)6-17-12(21)8-3-4-16-10(5-8)22-13(14)15/h3-5,7,13H,6H2,1-2H3,(H,17,21)(H,18,19,20). The minimum Gasteiger partial charge on any atom is -0.417 e. The van der Waals surface area contributed by atoms with Crippen molar-refractivity contribution in [1.29, 1.82) is 0 Å². The molecule has 2 heterocycles. The van der Waals surface area contributed by atoms with Gasteiger partial charge in [0, 0.05) is 23.7 Å². The summed E-state index contributed by atoms with van der Waals surface area (Å²) in [5.74, 6) is 0.569. The molecule has 0 aromatic carbocycles.